The number of halogens is 1. The van der Waals surface area contributed by atoms with Crippen LogP contribution in [0.25, 0.3) is 0 Å². The Bertz CT molecular complexity index is 516. The highest BCUT2D eigenvalue weighted by Gasteiger charge is 2.24. The van der Waals surface area contributed by atoms with Gasteiger partial charge in [0.05, 0.1) is 20.6 Å². The molecule has 1 rings (SSSR count). The van der Waals surface area contributed by atoms with Crippen LogP contribution in [0.4, 0.5) is 4.39 Å². The minimum atomic E-state index is -0.717. The SMILES string of the molecule is COC(=O)C(NC(=O)Cc1ccc(OC)c(F)c1)C(C)C. The van der Waals surface area contributed by atoms with E-state index in [4.69, 9.17) is 4.74 Å². The zero-order chi connectivity index (χ0) is 16.0. The maximum atomic E-state index is 13.5. The van der Waals surface area contributed by atoms with Gasteiger partial charge < -0.3 is 14.8 Å². The van der Waals surface area contributed by atoms with E-state index in [1.165, 1.54) is 26.4 Å². The van der Waals surface area contributed by atoms with Gasteiger partial charge in [-0.15, -0.1) is 0 Å². The summed E-state index contributed by atoms with van der Waals surface area (Å²) in [6.07, 6.45) is -0.0267. The van der Waals surface area contributed by atoms with Gasteiger partial charge in [0.15, 0.2) is 11.6 Å². The van der Waals surface area contributed by atoms with Crippen LogP contribution in [0.2, 0.25) is 0 Å². The van der Waals surface area contributed by atoms with Crippen LogP contribution in [0.15, 0.2) is 18.2 Å². The normalized spacial score (nSPS) is 11.9. The van der Waals surface area contributed by atoms with Crippen LogP contribution in [0.3, 0.4) is 0 Å². The van der Waals surface area contributed by atoms with Gasteiger partial charge in [0, 0.05) is 0 Å². The molecule has 0 aliphatic carbocycles. The lowest BCUT2D eigenvalue weighted by Gasteiger charge is -2.19. The molecule has 5 nitrogen and oxygen atoms in total. The second kappa shape index (κ2) is 7.61. The standard InChI is InChI=1S/C15H20FNO4/c1-9(2)14(15(19)21-4)17-13(18)8-10-5-6-12(20-3)11(16)7-10/h5-7,9,14H,8H2,1-4H3,(H,17,18). The molecule has 0 aliphatic heterocycles. The van der Waals surface area contributed by atoms with Gasteiger partial charge in [-0.05, 0) is 23.6 Å². The van der Waals surface area contributed by atoms with Crippen LogP contribution in [-0.2, 0) is 20.7 Å². The third-order valence-corrected chi connectivity index (χ3v) is 3.02. The number of rotatable bonds is 6. The van der Waals surface area contributed by atoms with Crippen molar-refractivity contribution in [1.82, 2.24) is 5.32 Å². The molecule has 0 aromatic heterocycles. The van der Waals surface area contributed by atoms with Crippen molar-refractivity contribution >= 4 is 11.9 Å². The molecule has 0 spiro atoms. The number of benzene rings is 1. The third kappa shape index (κ3) is 4.73. The third-order valence-electron chi connectivity index (χ3n) is 3.02. The van der Waals surface area contributed by atoms with Gasteiger partial charge >= 0.3 is 5.97 Å². The maximum Gasteiger partial charge on any atom is 0.328 e. The molecule has 1 aromatic carbocycles. The smallest absolute Gasteiger partial charge is 0.328 e. The molecular formula is C15H20FNO4. The Morgan fingerprint density at radius 3 is 2.43 bits per heavy atom. The van der Waals surface area contributed by atoms with E-state index >= 15 is 0 Å². The fourth-order valence-electron chi connectivity index (χ4n) is 1.85. The zero-order valence-corrected chi connectivity index (χ0v) is 12.6. The molecule has 0 heterocycles. The van der Waals surface area contributed by atoms with E-state index in [-0.39, 0.29) is 24.0 Å². The molecule has 0 aliphatic rings. The second-order valence-corrected chi connectivity index (χ2v) is 4.96. The largest absolute Gasteiger partial charge is 0.494 e. The van der Waals surface area contributed by atoms with E-state index in [1.54, 1.807) is 19.9 Å². The second-order valence-electron chi connectivity index (χ2n) is 4.96. The topological polar surface area (TPSA) is 64.6 Å². The van der Waals surface area contributed by atoms with Gasteiger partial charge in [-0.2, -0.15) is 0 Å². The molecule has 1 N–H and O–H groups in total. The summed E-state index contributed by atoms with van der Waals surface area (Å²) in [5.41, 5.74) is 0.498. The number of hydrogen-bond donors (Lipinski definition) is 1. The number of methoxy groups -OCH3 is 2. The summed E-state index contributed by atoms with van der Waals surface area (Å²) in [5, 5.41) is 2.60. The van der Waals surface area contributed by atoms with Crippen molar-refractivity contribution < 1.29 is 23.5 Å². The molecule has 1 atom stereocenters. The van der Waals surface area contributed by atoms with Gasteiger partial charge in [-0.25, -0.2) is 9.18 Å². The van der Waals surface area contributed by atoms with Gasteiger partial charge in [-0.1, -0.05) is 19.9 Å². The van der Waals surface area contributed by atoms with Crippen LogP contribution in [0.5, 0.6) is 5.75 Å². The van der Waals surface area contributed by atoms with Gasteiger partial charge in [0.25, 0.3) is 0 Å². The van der Waals surface area contributed by atoms with Gasteiger partial charge in [-0.3, -0.25) is 4.79 Å². The average molecular weight is 297 g/mol. The molecule has 0 fully saturated rings. The molecule has 0 bridgehead atoms. The van der Waals surface area contributed by atoms with Crippen molar-refractivity contribution in [3.05, 3.63) is 29.6 Å². The van der Waals surface area contributed by atoms with Crippen LogP contribution in [0.1, 0.15) is 19.4 Å². The van der Waals surface area contributed by atoms with E-state index in [1.807, 2.05) is 0 Å². The number of carbonyl (C=O) groups excluding carboxylic acids is 2. The van der Waals surface area contributed by atoms with Crippen LogP contribution in [0, 0.1) is 11.7 Å². The minimum Gasteiger partial charge on any atom is -0.494 e. The van der Waals surface area contributed by atoms with E-state index in [0.717, 1.165) is 0 Å². The molecule has 0 saturated carbocycles. The highest BCUT2D eigenvalue weighted by molar-refractivity contribution is 5.85. The first-order valence-corrected chi connectivity index (χ1v) is 6.58. The van der Waals surface area contributed by atoms with Crippen molar-refractivity contribution in [3.8, 4) is 5.75 Å². The number of nitrogens with one attached hydrogen (secondary N) is 1. The van der Waals surface area contributed by atoms with Crippen LogP contribution >= 0.6 is 0 Å². The lowest BCUT2D eigenvalue weighted by molar-refractivity contribution is -0.146. The minimum absolute atomic E-state index is 0.0267. The van der Waals surface area contributed by atoms with E-state index < -0.39 is 17.8 Å². The Morgan fingerprint density at radius 1 is 1.29 bits per heavy atom. The van der Waals surface area contributed by atoms with Crippen LogP contribution in [-0.4, -0.2) is 32.1 Å². The summed E-state index contributed by atoms with van der Waals surface area (Å²) in [6.45, 7) is 3.60. The Morgan fingerprint density at radius 2 is 1.95 bits per heavy atom. The quantitative estimate of drug-likeness (QED) is 0.812. The number of carbonyl (C=O) groups is 2. The van der Waals surface area contributed by atoms with E-state index in [2.05, 4.69) is 10.1 Å². The molecule has 0 saturated heterocycles. The molecule has 1 unspecified atom stereocenters. The Balaban J connectivity index is 2.72. The molecule has 1 aromatic rings. The molecule has 6 heteroatoms. The van der Waals surface area contributed by atoms with Crippen molar-refractivity contribution in [2.45, 2.75) is 26.3 Å². The lowest BCUT2D eigenvalue weighted by atomic mass is 10.0. The Hall–Kier alpha value is -2.11. The summed E-state index contributed by atoms with van der Waals surface area (Å²) >= 11 is 0. The molecular weight excluding hydrogens is 277 g/mol. The number of amides is 1. The maximum absolute atomic E-state index is 13.5. The van der Waals surface area contributed by atoms with Crippen LogP contribution < -0.4 is 10.1 Å². The fraction of sp³-hybridized carbons (Fsp3) is 0.467. The summed E-state index contributed by atoms with van der Waals surface area (Å²) in [7, 11) is 2.64. The monoisotopic (exact) mass is 297 g/mol. The lowest BCUT2D eigenvalue weighted by Crippen LogP contribution is -2.45. The molecule has 0 radical (unpaired) electrons. The van der Waals surface area contributed by atoms with Crippen molar-refractivity contribution in [2.75, 3.05) is 14.2 Å². The number of hydrogen-bond acceptors (Lipinski definition) is 4. The van der Waals surface area contributed by atoms with Crippen molar-refractivity contribution in [2.24, 2.45) is 5.92 Å². The predicted molar refractivity (Wildman–Crippen MR) is 75.4 cm³/mol. The molecule has 116 valence electrons. The first kappa shape index (κ1) is 16.9. The summed E-state index contributed by atoms with van der Waals surface area (Å²) in [4.78, 5) is 23.5. The predicted octanol–water partition coefficient (Wildman–Crippen LogP) is 1.69. The molecule has 1 amide bonds. The zero-order valence-electron chi connectivity index (χ0n) is 12.6. The Labute approximate surface area is 123 Å². The summed E-state index contributed by atoms with van der Waals surface area (Å²) in [5.74, 6) is -1.39. The highest BCUT2D eigenvalue weighted by Crippen LogP contribution is 2.18. The fourth-order valence-corrected chi connectivity index (χ4v) is 1.85. The van der Waals surface area contributed by atoms with Gasteiger partial charge in [0.1, 0.15) is 6.04 Å². The van der Waals surface area contributed by atoms with Gasteiger partial charge in [0.2, 0.25) is 5.91 Å². The highest BCUT2D eigenvalue weighted by atomic mass is 19.1. The average Bonchev–Trinajstić information content (AvgIpc) is 2.44. The van der Waals surface area contributed by atoms with Crippen molar-refractivity contribution in [3.63, 3.8) is 0 Å². The van der Waals surface area contributed by atoms with E-state index in [9.17, 15) is 14.0 Å². The summed E-state index contributed by atoms with van der Waals surface area (Å²) < 4.78 is 23.0. The van der Waals surface area contributed by atoms with E-state index in [0.29, 0.717) is 5.56 Å². The first-order valence-electron chi connectivity index (χ1n) is 6.58. The Kier molecular flexibility index (Phi) is 6.14. The molecule has 21 heavy (non-hydrogen) atoms. The summed E-state index contributed by atoms with van der Waals surface area (Å²) in [6, 6.07) is 3.58. The first-order chi connectivity index (χ1) is 9.88. The number of esters is 1. The number of ether oxygens (including phenoxy) is 2. The van der Waals surface area contributed by atoms with Crippen molar-refractivity contribution in [1.29, 1.82) is 0 Å².